The monoisotopic (exact) mass is 588 g/mol. The number of carbonyl (C=O) groups is 2. The number of nitrogens with one attached hydrogen (secondary N) is 1. The maximum absolute atomic E-state index is 14.5. The number of halogens is 4. The third kappa shape index (κ3) is 5.80. The molecule has 41 heavy (non-hydrogen) atoms. The summed E-state index contributed by atoms with van der Waals surface area (Å²) >= 11 is 0. The Balaban J connectivity index is 1.70. The number of carbonyl (C=O) groups excluding carboxylic acids is 2. The van der Waals surface area contributed by atoms with Crippen LogP contribution in [0.1, 0.15) is 34.3 Å². The Morgan fingerprint density at radius 2 is 1.71 bits per heavy atom. The van der Waals surface area contributed by atoms with Crippen molar-refractivity contribution < 1.29 is 35.6 Å². The number of alkyl halides is 3. The lowest BCUT2D eigenvalue weighted by atomic mass is 9.93. The SMILES string of the molecule is CS(=O)(=O)c1ccc(C2N=C(c3cccc(C(F)(F)F)c3)N(C(=O)N3CCNC(=O)C3)C2c2cccc(F)c2)cc1. The van der Waals surface area contributed by atoms with Gasteiger partial charge in [-0.25, -0.2) is 17.6 Å². The molecule has 214 valence electrons. The van der Waals surface area contributed by atoms with Crippen LogP contribution < -0.4 is 5.32 Å². The van der Waals surface area contributed by atoms with Crippen molar-refractivity contribution in [2.75, 3.05) is 25.9 Å². The highest BCUT2D eigenvalue weighted by Gasteiger charge is 2.45. The summed E-state index contributed by atoms with van der Waals surface area (Å²) in [4.78, 5) is 33.3. The van der Waals surface area contributed by atoms with Gasteiger partial charge < -0.3 is 10.2 Å². The molecule has 13 heteroatoms. The van der Waals surface area contributed by atoms with Crippen LogP contribution in [0.2, 0.25) is 0 Å². The lowest BCUT2D eigenvalue weighted by Crippen LogP contribution is -2.55. The molecule has 3 aromatic carbocycles. The molecular weight excluding hydrogens is 564 g/mol. The van der Waals surface area contributed by atoms with Gasteiger partial charge in [0.2, 0.25) is 5.91 Å². The normalized spacial score (nSPS) is 19.6. The third-order valence-corrected chi connectivity index (χ3v) is 8.00. The number of amides is 3. The highest BCUT2D eigenvalue weighted by Crippen LogP contribution is 2.45. The molecule has 8 nitrogen and oxygen atoms in total. The molecule has 0 aromatic heterocycles. The van der Waals surface area contributed by atoms with E-state index in [4.69, 9.17) is 4.99 Å². The summed E-state index contributed by atoms with van der Waals surface area (Å²) < 4.78 is 79.5. The molecule has 0 saturated carbocycles. The van der Waals surface area contributed by atoms with E-state index in [-0.39, 0.29) is 35.9 Å². The first-order valence-corrected chi connectivity index (χ1v) is 14.4. The second kappa shape index (κ2) is 10.6. The van der Waals surface area contributed by atoms with Crippen molar-refractivity contribution in [1.29, 1.82) is 0 Å². The number of hydrogen-bond acceptors (Lipinski definition) is 5. The van der Waals surface area contributed by atoms with Crippen molar-refractivity contribution in [3.05, 3.63) is 101 Å². The third-order valence-electron chi connectivity index (χ3n) is 6.87. The van der Waals surface area contributed by atoms with Crippen LogP contribution in [0, 0.1) is 5.82 Å². The minimum atomic E-state index is -4.67. The van der Waals surface area contributed by atoms with Crippen LogP contribution in [-0.2, 0) is 20.8 Å². The summed E-state index contributed by atoms with van der Waals surface area (Å²) in [5.41, 5.74) is -0.206. The fourth-order valence-electron chi connectivity index (χ4n) is 4.94. The summed E-state index contributed by atoms with van der Waals surface area (Å²) in [7, 11) is -3.53. The highest BCUT2D eigenvalue weighted by molar-refractivity contribution is 7.90. The number of amidine groups is 1. The fourth-order valence-corrected chi connectivity index (χ4v) is 5.57. The first-order valence-electron chi connectivity index (χ1n) is 12.5. The van der Waals surface area contributed by atoms with Gasteiger partial charge in [0.15, 0.2) is 9.84 Å². The van der Waals surface area contributed by atoms with E-state index in [2.05, 4.69) is 5.32 Å². The van der Waals surface area contributed by atoms with Gasteiger partial charge in [-0.3, -0.25) is 14.7 Å². The van der Waals surface area contributed by atoms with Crippen LogP contribution >= 0.6 is 0 Å². The Hall–Kier alpha value is -4.26. The molecule has 0 aliphatic carbocycles. The van der Waals surface area contributed by atoms with E-state index in [0.29, 0.717) is 11.1 Å². The van der Waals surface area contributed by atoms with Crippen LogP contribution in [0.4, 0.5) is 22.4 Å². The topological polar surface area (TPSA) is 99.2 Å². The Labute approximate surface area is 233 Å². The van der Waals surface area contributed by atoms with Crippen molar-refractivity contribution in [3.63, 3.8) is 0 Å². The largest absolute Gasteiger partial charge is 0.416 e. The van der Waals surface area contributed by atoms with Crippen molar-refractivity contribution >= 4 is 27.6 Å². The molecule has 2 aliphatic heterocycles. The molecule has 2 aliphatic rings. The Morgan fingerprint density at radius 3 is 2.34 bits per heavy atom. The average molecular weight is 589 g/mol. The smallest absolute Gasteiger partial charge is 0.353 e. The van der Waals surface area contributed by atoms with Gasteiger partial charge in [0.05, 0.1) is 16.5 Å². The molecule has 3 amide bonds. The number of hydrogen-bond donors (Lipinski definition) is 1. The van der Waals surface area contributed by atoms with Gasteiger partial charge in [-0.15, -0.1) is 0 Å². The van der Waals surface area contributed by atoms with Gasteiger partial charge in [-0.1, -0.05) is 36.4 Å². The number of nitrogens with zero attached hydrogens (tertiary/aromatic N) is 3. The standard InChI is InChI=1S/C28H24F4N4O4S/c1-41(39,40)22-10-8-17(9-11-22)24-25(18-4-3-7-21(29)15-18)36(27(38)35-13-12-33-23(37)16-35)26(34-24)19-5-2-6-20(14-19)28(30,31)32/h2-11,14-15,24-25H,12-13,16H2,1H3,(H,33,37). The minimum absolute atomic E-state index is 0.00806. The summed E-state index contributed by atoms with van der Waals surface area (Å²) in [6.07, 6.45) is -3.62. The van der Waals surface area contributed by atoms with Crippen molar-refractivity contribution in [3.8, 4) is 0 Å². The summed E-state index contributed by atoms with van der Waals surface area (Å²) in [5.74, 6) is -1.11. The molecule has 0 bridgehead atoms. The Morgan fingerprint density at radius 1 is 1.00 bits per heavy atom. The molecule has 2 atom stereocenters. The number of urea groups is 1. The number of benzene rings is 3. The molecule has 2 unspecified atom stereocenters. The number of rotatable bonds is 4. The van der Waals surface area contributed by atoms with Gasteiger partial charge in [0.25, 0.3) is 0 Å². The Kier molecular flexibility index (Phi) is 7.32. The second-order valence-electron chi connectivity index (χ2n) is 9.74. The van der Waals surface area contributed by atoms with E-state index in [1.165, 1.54) is 64.4 Å². The van der Waals surface area contributed by atoms with Gasteiger partial charge in [-0.05, 0) is 47.5 Å². The fraction of sp³-hybridized carbons (Fsp3) is 0.250. The van der Waals surface area contributed by atoms with Crippen LogP contribution in [0.5, 0.6) is 0 Å². The predicted octanol–water partition coefficient (Wildman–Crippen LogP) is 4.34. The van der Waals surface area contributed by atoms with E-state index in [1.54, 1.807) is 6.07 Å². The molecule has 0 spiro atoms. The zero-order chi connectivity index (χ0) is 29.5. The zero-order valence-corrected chi connectivity index (χ0v) is 22.4. The van der Waals surface area contributed by atoms with Crippen molar-refractivity contribution in [1.82, 2.24) is 15.1 Å². The molecule has 5 rings (SSSR count). The summed E-state index contributed by atoms with van der Waals surface area (Å²) in [6.45, 7) is 0.0325. The highest BCUT2D eigenvalue weighted by atomic mass is 32.2. The predicted molar refractivity (Wildman–Crippen MR) is 141 cm³/mol. The van der Waals surface area contributed by atoms with Crippen LogP contribution in [0.3, 0.4) is 0 Å². The van der Waals surface area contributed by atoms with E-state index in [0.717, 1.165) is 18.4 Å². The average Bonchev–Trinajstić information content (AvgIpc) is 3.32. The van der Waals surface area contributed by atoms with Gasteiger partial charge in [0, 0.05) is 24.9 Å². The second-order valence-corrected chi connectivity index (χ2v) is 11.8. The minimum Gasteiger partial charge on any atom is -0.353 e. The molecule has 1 N–H and O–H groups in total. The molecular formula is C28H24F4N4O4S. The van der Waals surface area contributed by atoms with Crippen LogP contribution in [-0.4, -0.2) is 61.9 Å². The van der Waals surface area contributed by atoms with Crippen molar-refractivity contribution in [2.24, 2.45) is 4.99 Å². The summed E-state index contributed by atoms with van der Waals surface area (Å²) in [6, 6.07) is 12.8. The van der Waals surface area contributed by atoms with Gasteiger partial charge in [-0.2, -0.15) is 13.2 Å². The number of piperazine rings is 1. The number of aliphatic imine (C=N–C) groups is 1. The van der Waals surface area contributed by atoms with E-state index >= 15 is 0 Å². The lowest BCUT2D eigenvalue weighted by Gasteiger charge is -2.35. The first-order chi connectivity index (χ1) is 19.3. The maximum atomic E-state index is 14.5. The zero-order valence-electron chi connectivity index (χ0n) is 21.6. The molecule has 1 fully saturated rings. The maximum Gasteiger partial charge on any atom is 0.416 e. The van der Waals surface area contributed by atoms with Gasteiger partial charge >= 0.3 is 12.2 Å². The van der Waals surface area contributed by atoms with E-state index < -0.39 is 51.4 Å². The van der Waals surface area contributed by atoms with Gasteiger partial charge in [0.1, 0.15) is 24.2 Å². The van der Waals surface area contributed by atoms with E-state index in [9.17, 15) is 35.6 Å². The molecule has 3 aromatic rings. The van der Waals surface area contributed by atoms with Crippen LogP contribution in [0.25, 0.3) is 0 Å². The number of sulfone groups is 1. The lowest BCUT2D eigenvalue weighted by molar-refractivity contribution is -0.137. The Bertz CT molecular complexity index is 1640. The quantitative estimate of drug-likeness (QED) is 0.459. The molecule has 0 radical (unpaired) electrons. The molecule has 2 heterocycles. The van der Waals surface area contributed by atoms with E-state index in [1.807, 2.05) is 0 Å². The first kappa shape index (κ1) is 28.3. The van der Waals surface area contributed by atoms with Crippen LogP contribution in [0.15, 0.2) is 82.7 Å². The van der Waals surface area contributed by atoms with Crippen molar-refractivity contribution in [2.45, 2.75) is 23.2 Å². The molecule has 1 saturated heterocycles. The summed E-state index contributed by atoms with van der Waals surface area (Å²) in [5, 5.41) is 2.62.